The van der Waals surface area contributed by atoms with Gasteiger partial charge in [0.05, 0.1) is 29.8 Å². The number of aryl methyl sites for hydroxylation is 1. The van der Waals surface area contributed by atoms with Gasteiger partial charge >= 0.3 is 0 Å². The van der Waals surface area contributed by atoms with Crippen LogP contribution in [-0.4, -0.2) is 45.8 Å². The summed E-state index contributed by atoms with van der Waals surface area (Å²) >= 11 is 1.55. The number of aliphatic hydroxyl groups is 1. The first-order valence-corrected chi connectivity index (χ1v) is 10.4. The lowest BCUT2D eigenvalue weighted by Gasteiger charge is -2.43. The number of nitriles is 1. The Bertz CT molecular complexity index is 1080. The van der Waals surface area contributed by atoms with Crippen LogP contribution < -0.4 is 15.8 Å². The number of likely N-dealkylation sites (tertiary alicyclic amines) is 1. The molecule has 8 nitrogen and oxygen atoms in total. The van der Waals surface area contributed by atoms with Crippen LogP contribution in [0.25, 0.3) is 5.70 Å². The predicted molar refractivity (Wildman–Crippen MR) is 114 cm³/mol. The third-order valence-corrected chi connectivity index (χ3v) is 6.49. The molecule has 0 aromatic carbocycles. The molecule has 0 aliphatic carbocycles. The number of nitrogens with two attached hydrogens (primary N) is 1. The standard InChI is InChI=1S/C21H24N6O2S/c1-13-11-25-19(30-13)21(27-7-5-20(2,28)12-27)9-16(23)15(10-22)18(26-21)17-8-14(29-3)4-6-24-17/h4,6,8-9,11,26,28H,5,7,12,23H2,1-3H3/t20?,21-/m1/s1. The summed E-state index contributed by atoms with van der Waals surface area (Å²) in [5, 5.41) is 24.8. The van der Waals surface area contributed by atoms with Gasteiger partial charge in [-0.25, -0.2) is 4.98 Å². The van der Waals surface area contributed by atoms with E-state index in [-0.39, 0.29) is 0 Å². The number of ether oxygens (including phenoxy) is 1. The Kier molecular flexibility index (Phi) is 5.02. The van der Waals surface area contributed by atoms with Crippen LogP contribution in [0.2, 0.25) is 0 Å². The van der Waals surface area contributed by atoms with Crippen molar-refractivity contribution in [2.45, 2.75) is 31.5 Å². The van der Waals surface area contributed by atoms with Gasteiger partial charge in [0, 0.05) is 36.4 Å². The molecule has 0 bridgehead atoms. The van der Waals surface area contributed by atoms with E-state index >= 15 is 0 Å². The third kappa shape index (κ3) is 3.43. The molecule has 1 unspecified atom stereocenters. The minimum absolute atomic E-state index is 0.311. The van der Waals surface area contributed by atoms with Crippen LogP contribution in [0.1, 0.15) is 28.9 Å². The molecule has 2 aliphatic rings. The second-order valence-electron chi connectivity index (χ2n) is 7.88. The number of allylic oxidation sites excluding steroid dienone is 1. The summed E-state index contributed by atoms with van der Waals surface area (Å²) in [4.78, 5) is 12.3. The van der Waals surface area contributed by atoms with Crippen molar-refractivity contribution in [1.29, 1.82) is 5.26 Å². The number of nitrogens with one attached hydrogen (secondary N) is 1. The molecular formula is C21H24N6O2S. The minimum atomic E-state index is -0.899. The quantitative estimate of drug-likeness (QED) is 0.680. The van der Waals surface area contributed by atoms with Crippen molar-refractivity contribution >= 4 is 17.0 Å². The van der Waals surface area contributed by atoms with Crippen LogP contribution in [0.15, 0.2) is 41.9 Å². The normalized spacial score (nSPS) is 26.8. The van der Waals surface area contributed by atoms with Crippen molar-refractivity contribution in [2.75, 3.05) is 20.2 Å². The summed E-state index contributed by atoms with van der Waals surface area (Å²) in [6.45, 7) is 4.89. The van der Waals surface area contributed by atoms with Gasteiger partial charge in [-0.15, -0.1) is 11.3 Å². The van der Waals surface area contributed by atoms with Crippen LogP contribution in [0.4, 0.5) is 0 Å². The van der Waals surface area contributed by atoms with E-state index in [9.17, 15) is 10.4 Å². The van der Waals surface area contributed by atoms with Crippen molar-refractivity contribution < 1.29 is 9.84 Å². The highest BCUT2D eigenvalue weighted by molar-refractivity contribution is 7.11. The highest BCUT2D eigenvalue weighted by Crippen LogP contribution is 2.41. The lowest BCUT2D eigenvalue weighted by Crippen LogP contribution is -2.56. The molecule has 2 aromatic rings. The molecular weight excluding hydrogens is 400 g/mol. The van der Waals surface area contributed by atoms with Gasteiger partial charge in [0.2, 0.25) is 0 Å². The lowest BCUT2D eigenvalue weighted by molar-refractivity contribution is 0.0460. The molecule has 0 amide bonds. The van der Waals surface area contributed by atoms with Gasteiger partial charge in [-0.3, -0.25) is 9.88 Å². The van der Waals surface area contributed by atoms with Crippen LogP contribution in [0.5, 0.6) is 5.75 Å². The minimum Gasteiger partial charge on any atom is -0.497 e. The Labute approximate surface area is 179 Å². The first-order valence-electron chi connectivity index (χ1n) is 9.60. The molecule has 0 radical (unpaired) electrons. The van der Waals surface area contributed by atoms with E-state index in [2.05, 4.69) is 26.3 Å². The molecule has 2 aromatic heterocycles. The third-order valence-electron chi connectivity index (χ3n) is 5.45. The zero-order chi connectivity index (χ0) is 21.5. The zero-order valence-electron chi connectivity index (χ0n) is 17.1. The monoisotopic (exact) mass is 424 g/mol. The van der Waals surface area contributed by atoms with Crippen LogP contribution in [-0.2, 0) is 5.66 Å². The molecule has 1 saturated heterocycles. The number of pyridine rings is 1. The van der Waals surface area contributed by atoms with E-state index in [1.165, 1.54) is 0 Å². The van der Waals surface area contributed by atoms with E-state index in [4.69, 9.17) is 10.5 Å². The highest BCUT2D eigenvalue weighted by atomic mass is 32.1. The Morgan fingerprint density at radius 3 is 2.83 bits per heavy atom. The van der Waals surface area contributed by atoms with Gasteiger partial charge in [-0.05, 0) is 32.4 Å². The molecule has 30 heavy (non-hydrogen) atoms. The average Bonchev–Trinajstić information content (AvgIpc) is 3.33. The molecule has 1 fully saturated rings. The molecule has 9 heteroatoms. The van der Waals surface area contributed by atoms with Crippen LogP contribution >= 0.6 is 11.3 Å². The van der Waals surface area contributed by atoms with E-state index in [1.807, 2.05) is 26.1 Å². The smallest absolute Gasteiger partial charge is 0.166 e. The lowest BCUT2D eigenvalue weighted by atomic mass is 9.95. The van der Waals surface area contributed by atoms with Crippen molar-refractivity contribution in [3.8, 4) is 11.8 Å². The van der Waals surface area contributed by atoms with Gasteiger partial charge in [-0.1, -0.05) is 0 Å². The van der Waals surface area contributed by atoms with E-state index in [0.29, 0.717) is 47.9 Å². The highest BCUT2D eigenvalue weighted by Gasteiger charge is 2.48. The average molecular weight is 425 g/mol. The summed E-state index contributed by atoms with van der Waals surface area (Å²) in [5.41, 5.74) is 6.40. The Morgan fingerprint density at radius 2 is 2.23 bits per heavy atom. The summed E-state index contributed by atoms with van der Waals surface area (Å²) in [7, 11) is 1.58. The molecule has 4 rings (SSSR count). The number of rotatable bonds is 4. The topological polar surface area (TPSA) is 120 Å². The molecule has 0 saturated carbocycles. The van der Waals surface area contributed by atoms with Gasteiger partial charge in [-0.2, -0.15) is 5.26 Å². The van der Waals surface area contributed by atoms with E-state index < -0.39 is 11.3 Å². The maximum Gasteiger partial charge on any atom is 0.166 e. The fraction of sp³-hybridized carbons (Fsp3) is 0.381. The molecule has 4 heterocycles. The van der Waals surface area contributed by atoms with Gasteiger partial charge < -0.3 is 20.9 Å². The van der Waals surface area contributed by atoms with Crippen molar-refractivity contribution in [3.63, 3.8) is 0 Å². The predicted octanol–water partition coefficient (Wildman–Crippen LogP) is 1.85. The van der Waals surface area contributed by atoms with Gasteiger partial charge in [0.25, 0.3) is 0 Å². The summed E-state index contributed by atoms with van der Waals surface area (Å²) in [5.74, 6) is 0.625. The number of dihydropyridines is 1. The zero-order valence-corrected chi connectivity index (χ0v) is 18.0. The number of thiazole rings is 1. The number of methoxy groups -OCH3 is 1. The Balaban J connectivity index is 1.89. The van der Waals surface area contributed by atoms with Crippen LogP contribution in [0, 0.1) is 18.3 Å². The van der Waals surface area contributed by atoms with Gasteiger partial charge in [0.15, 0.2) is 5.66 Å². The van der Waals surface area contributed by atoms with Gasteiger partial charge in [0.1, 0.15) is 22.4 Å². The molecule has 4 N–H and O–H groups in total. The molecule has 2 aliphatic heterocycles. The second-order valence-corrected chi connectivity index (χ2v) is 9.11. The molecule has 0 spiro atoms. The second kappa shape index (κ2) is 7.40. The Hall–Kier alpha value is -2.93. The SMILES string of the molecule is COc1ccnc(C2=C(C#N)C(N)=C[C@](c3ncc(C)s3)(N3CCC(C)(O)C3)N2)c1. The maximum atomic E-state index is 10.6. The summed E-state index contributed by atoms with van der Waals surface area (Å²) in [6, 6.07) is 5.70. The van der Waals surface area contributed by atoms with E-state index in [1.54, 1.807) is 36.8 Å². The Morgan fingerprint density at radius 1 is 1.43 bits per heavy atom. The molecule has 156 valence electrons. The number of β-amino-alcohol motifs (C(OH)–C–C–N with tert-alkyl or cyclic N) is 1. The number of nitrogens with zero attached hydrogens (tertiary/aromatic N) is 4. The van der Waals surface area contributed by atoms with Crippen molar-refractivity contribution in [1.82, 2.24) is 20.2 Å². The first kappa shape index (κ1) is 20.3. The number of aromatic nitrogens is 2. The van der Waals surface area contributed by atoms with Crippen LogP contribution in [0.3, 0.4) is 0 Å². The van der Waals surface area contributed by atoms with E-state index in [0.717, 1.165) is 9.88 Å². The fourth-order valence-electron chi connectivity index (χ4n) is 3.92. The number of hydrogen-bond acceptors (Lipinski definition) is 9. The van der Waals surface area contributed by atoms with Crippen molar-refractivity contribution in [2.24, 2.45) is 5.73 Å². The largest absolute Gasteiger partial charge is 0.497 e. The summed E-state index contributed by atoms with van der Waals surface area (Å²) in [6.07, 6.45) is 5.89. The fourth-order valence-corrected chi connectivity index (χ4v) is 4.83. The number of hydrogen-bond donors (Lipinski definition) is 3. The first-order chi connectivity index (χ1) is 14.3. The van der Waals surface area contributed by atoms with Crippen molar-refractivity contribution in [3.05, 3.63) is 57.5 Å². The molecule has 2 atom stereocenters. The summed E-state index contributed by atoms with van der Waals surface area (Å²) < 4.78 is 5.34. The maximum absolute atomic E-state index is 10.6.